The molecule has 2 aromatic heterocycles. The zero-order valence-electron chi connectivity index (χ0n) is 20.8. The summed E-state index contributed by atoms with van der Waals surface area (Å²) in [5, 5.41) is 10.5. The number of piperidine rings is 1. The van der Waals surface area contributed by atoms with Gasteiger partial charge in [0.25, 0.3) is 0 Å². The molecule has 1 aromatic carbocycles. The van der Waals surface area contributed by atoms with Gasteiger partial charge in [0.15, 0.2) is 0 Å². The Morgan fingerprint density at radius 3 is 2.86 bits per heavy atom. The fourth-order valence-corrected chi connectivity index (χ4v) is 5.56. The number of pyridine rings is 1. The highest BCUT2D eigenvalue weighted by Gasteiger charge is 2.29. The van der Waals surface area contributed by atoms with Crippen LogP contribution in [-0.2, 0) is 17.6 Å². The summed E-state index contributed by atoms with van der Waals surface area (Å²) in [6, 6.07) is 10.2. The van der Waals surface area contributed by atoms with Crippen LogP contribution in [0.2, 0.25) is 0 Å². The predicted molar refractivity (Wildman–Crippen MR) is 138 cm³/mol. The first-order valence-corrected chi connectivity index (χ1v) is 13.0. The Morgan fingerprint density at radius 2 is 2.06 bits per heavy atom. The van der Waals surface area contributed by atoms with Crippen molar-refractivity contribution in [2.75, 3.05) is 26.7 Å². The first-order valence-electron chi connectivity index (χ1n) is 13.0. The Bertz CT molecular complexity index is 1070. The summed E-state index contributed by atoms with van der Waals surface area (Å²) >= 11 is 0. The van der Waals surface area contributed by atoms with Crippen LogP contribution in [0.15, 0.2) is 53.5 Å². The molecule has 1 saturated heterocycles. The number of unbranched alkanes of at least 4 members (excludes halogenated alkanes) is 1. The molecule has 1 fully saturated rings. The number of aliphatic carboxylic acids is 1. The Kier molecular flexibility index (Phi) is 9.18. The molecule has 1 N–H and O–H groups in total. The van der Waals surface area contributed by atoms with Gasteiger partial charge in [-0.15, -0.1) is 0 Å². The van der Waals surface area contributed by atoms with Gasteiger partial charge in [-0.3, -0.25) is 9.78 Å². The van der Waals surface area contributed by atoms with Gasteiger partial charge in [0.1, 0.15) is 5.75 Å². The standard InChI is InChI=1S/C29H38N2O4/c1-34-26-9-10-28-27(19-26)24(12-15-30-28)7-4-6-23-13-17-31(20-25(23)8-11-29(32)33)16-3-2-5-22-14-18-35-21-22/h9-10,12,14-15,18-19,21,23,25H,2-8,11,13,16-17,20H2,1H3,(H,32,33)/t23-,25+/m1/s1. The minimum Gasteiger partial charge on any atom is -0.497 e. The van der Waals surface area contributed by atoms with Crippen LogP contribution in [0, 0.1) is 11.8 Å². The first kappa shape index (κ1) is 25.2. The summed E-state index contributed by atoms with van der Waals surface area (Å²) in [7, 11) is 1.69. The lowest BCUT2D eigenvalue weighted by Gasteiger charge is -2.39. The average Bonchev–Trinajstić information content (AvgIpc) is 3.39. The number of carboxylic acids is 1. The van der Waals surface area contributed by atoms with Gasteiger partial charge in [-0.05, 0) is 118 Å². The molecular formula is C29H38N2O4. The summed E-state index contributed by atoms with van der Waals surface area (Å²) in [4.78, 5) is 18.3. The van der Waals surface area contributed by atoms with E-state index in [4.69, 9.17) is 9.15 Å². The number of hydrogen-bond acceptors (Lipinski definition) is 5. The molecule has 0 saturated carbocycles. The fourth-order valence-electron chi connectivity index (χ4n) is 5.56. The minimum atomic E-state index is -0.682. The second-order valence-electron chi connectivity index (χ2n) is 9.88. The lowest BCUT2D eigenvalue weighted by atomic mass is 9.79. The Balaban J connectivity index is 1.29. The van der Waals surface area contributed by atoms with Gasteiger partial charge in [0.2, 0.25) is 0 Å². The van der Waals surface area contributed by atoms with Crippen molar-refractivity contribution in [1.82, 2.24) is 9.88 Å². The van der Waals surface area contributed by atoms with E-state index >= 15 is 0 Å². The quantitative estimate of drug-likeness (QED) is 0.304. The van der Waals surface area contributed by atoms with Crippen molar-refractivity contribution in [2.45, 2.75) is 57.8 Å². The number of aryl methyl sites for hydroxylation is 2. The number of hydrogen-bond donors (Lipinski definition) is 1. The van der Waals surface area contributed by atoms with Crippen molar-refractivity contribution in [3.63, 3.8) is 0 Å². The molecular weight excluding hydrogens is 440 g/mol. The van der Waals surface area contributed by atoms with Gasteiger partial charge in [-0.25, -0.2) is 0 Å². The van der Waals surface area contributed by atoms with Gasteiger partial charge >= 0.3 is 5.97 Å². The lowest BCUT2D eigenvalue weighted by molar-refractivity contribution is -0.137. The van der Waals surface area contributed by atoms with E-state index in [-0.39, 0.29) is 6.42 Å². The van der Waals surface area contributed by atoms with Crippen LogP contribution in [0.25, 0.3) is 10.9 Å². The molecule has 0 unspecified atom stereocenters. The summed E-state index contributed by atoms with van der Waals surface area (Å²) in [6.45, 7) is 3.24. The number of ether oxygens (including phenoxy) is 1. The highest BCUT2D eigenvalue weighted by molar-refractivity contribution is 5.83. The van der Waals surface area contributed by atoms with Gasteiger partial charge in [0, 0.05) is 24.5 Å². The number of aromatic nitrogens is 1. The molecule has 35 heavy (non-hydrogen) atoms. The highest BCUT2D eigenvalue weighted by atomic mass is 16.5. The van der Waals surface area contributed by atoms with E-state index in [1.807, 2.05) is 30.7 Å². The number of furan rings is 1. The third-order valence-electron chi connectivity index (χ3n) is 7.53. The Hall–Kier alpha value is -2.86. The first-order chi connectivity index (χ1) is 17.1. The molecule has 3 heterocycles. The zero-order valence-corrected chi connectivity index (χ0v) is 20.8. The Morgan fingerprint density at radius 1 is 1.14 bits per heavy atom. The van der Waals surface area contributed by atoms with E-state index in [0.29, 0.717) is 11.8 Å². The van der Waals surface area contributed by atoms with Gasteiger partial charge < -0.3 is 19.2 Å². The van der Waals surface area contributed by atoms with E-state index in [9.17, 15) is 9.90 Å². The zero-order chi connectivity index (χ0) is 24.5. The second kappa shape index (κ2) is 12.7. The van der Waals surface area contributed by atoms with Crippen LogP contribution in [0.5, 0.6) is 5.75 Å². The molecule has 0 aliphatic carbocycles. The molecule has 0 amide bonds. The molecule has 0 spiro atoms. The van der Waals surface area contributed by atoms with E-state index < -0.39 is 5.97 Å². The van der Waals surface area contributed by atoms with Gasteiger partial charge in [-0.2, -0.15) is 0 Å². The minimum absolute atomic E-state index is 0.268. The summed E-state index contributed by atoms with van der Waals surface area (Å²) < 4.78 is 10.6. The highest BCUT2D eigenvalue weighted by Crippen LogP contribution is 2.32. The molecule has 0 bridgehead atoms. The van der Waals surface area contributed by atoms with Crippen LogP contribution in [-0.4, -0.2) is 47.7 Å². The maximum absolute atomic E-state index is 11.3. The maximum atomic E-state index is 11.3. The summed E-state index contributed by atoms with van der Waals surface area (Å²) in [6.07, 6.45) is 14.3. The molecule has 188 valence electrons. The van der Waals surface area contributed by atoms with Crippen LogP contribution in [0.4, 0.5) is 0 Å². The number of methoxy groups -OCH3 is 1. The molecule has 1 aliphatic heterocycles. The van der Waals surface area contributed by atoms with Crippen LogP contribution in [0.1, 0.15) is 56.1 Å². The molecule has 0 radical (unpaired) electrons. The largest absolute Gasteiger partial charge is 0.497 e. The number of rotatable bonds is 13. The normalized spacial score (nSPS) is 18.7. The maximum Gasteiger partial charge on any atom is 0.303 e. The van der Waals surface area contributed by atoms with E-state index in [1.54, 1.807) is 13.4 Å². The Labute approximate surface area is 208 Å². The van der Waals surface area contributed by atoms with Crippen LogP contribution >= 0.6 is 0 Å². The van der Waals surface area contributed by atoms with Gasteiger partial charge in [-0.1, -0.05) is 0 Å². The lowest BCUT2D eigenvalue weighted by Crippen LogP contribution is -2.41. The van der Waals surface area contributed by atoms with Crippen molar-refractivity contribution in [3.8, 4) is 5.75 Å². The molecule has 6 heteroatoms. The topological polar surface area (TPSA) is 75.8 Å². The number of benzene rings is 1. The van der Waals surface area contributed by atoms with Crippen molar-refractivity contribution >= 4 is 16.9 Å². The molecule has 3 aromatic rings. The molecule has 1 aliphatic rings. The SMILES string of the molecule is COc1ccc2nccc(CCC[C@@H]3CCN(CCCCc4ccoc4)C[C@@H]3CCC(=O)O)c2c1. The monoisotopic (exact) mass is 478 g/mol. The molecule has 2 atom stereocenters. The predicted octanol–water partition coefficient (Wildman–Crippen LogP) is 5.98. The third-order valence-corrected chi connectivity index (χ3v) is 7.53. The number of carbonyl (C=O) groups is 1. The number of nitrogens with zero attached hydrogens (tertiary/aromatic N) is 2. The second-order valence-corrected chi connectivity index (χ2v) is 9.88. The number of carboxylic acid groups (broad SMARTS) is 1. The van der Waals surface area contributed by atoms with Crippen LogP contribution < -0.4 is 4.74 Å². The average molecular weight is 479 g/mol. The van der Waals surface area contributed by atoms with Crippen LogP contribution in [0.3, 0.4) is 0 Å². The van der Waals surface area contributed by atoms with Gasteiger partial charge in [0.05, 0.1) is 25.2 Å². The van der Waals surface area contributed by atoms with Crippen molar-refractivity contribution < 1.29 is 19.1 Å². The number of fused-ring (bicyclic) bond motifs is 1. The molecule has 6 nitrogen and oxygen atoms in total. The summed E-state index contributed by atoms with van der Waals surface area (Å²) in [5.41, 5.74) is 3.58. The summed E-state index contributed by atoms with van der Waals surface area (Å²) in [5.74, 6) is 1.23. The van der Waals surface area contributed by atoms with Crippen molar-refractivity contribution in [1.29, 1.82) is 0 Å². The molecule has 4 rings (SSSR count). The van der Waals surface area contributed by atoms with E-state index in [2.05, 4.69) is 22.0 Å². The number of likely N-dealkylation sites (tertiary alicyclic amines) is 1. The van der Waals surface area contributed by atoms with E-state index in [0.717, 1.165) is 75.8 Å². The third kappa shape index (κ3) is 7.31. The van der Waals surface area contributed by atoms with Crippen molar-refractivity contribution in [2.24, 2.45) is 11.8 Å². The van der Waals surface area contributed by atoms with E-state index in [1.165, 1.54) is 22.9 Å². The smallest absolute Gasteiger partial charge is 0.303 e. The van der Waals surface area contributed by atoms with Crippen molar-refractivity contribution in [3.05, 3.63) is 60.2 Å². The fraction of sp³-hybridized carbons (Fsp3) is 0.517.